The van der Waals surface area contributed by atoms with Crippen molar-refractivity contribution in [1.82, 2.24) is 29.0 Å². The van der Waals surface area contributed by atoms with Crippen LogP contribution >= 0.6 is 0 Å². The Kier molecular flexibility index (Phi) is 7.00. The van der Waals surface area contributed by atoms with Crippen molar-refractivity contribution in [2.45, 2.75) is 71.3 Å². The highest BCUT2D eigenvalue weighted by Crippen LogP contribution is 2.23. The Balaban J connectivity index is 1.17. The van der Waals surface area contributed by atoms with E-state index >= 15 is 0 Å². The highest BCUT2D eigenvalue weighted by Gasteiger charge is 2.26. The van der Waals surface area contributed by atoms with Crippen molar-refractivity contribution in [3.63, 3.8) is 0 Å². The minimum absolute atomic E-state index is 0.193. The smallest absolute Gasteiger partial charge is 0.300 e. The van der Waals surface area contributed by atoms with Gasteiger partial charge in [0.1, 0.15) is 5.82 Å². The van der Waals surface area contributed by atoms with Crippen molar-refractivity contribution in [3.05, 3.63) is 57.9 Å². The average molecular weight is 477 g/mol. The molecule has 8 nitrogen and oxygen atoms in total. The Labute approximate surface area is 206 Å². The van der Waals surface area contributed by atoms with E-state index in [4.69, 9.17) is 0 Å². The van der Waals surface area contributed by atoms with E-state index in [0.29, 0.717) is 24.9 Å². The summed E-state index contributed by atoms with van der Waals surface area (Å²) in [6.45, 7) is 7.76. The normalized spacial score (nSPS) is 17.8. The number of carbonyl (C=O) groups excluding carboxylic acids is 1. The van der Waals surface area contributed by atoms with Crippen molar-refractivity contribution in [2.24, 2.45) is 0 Å². The van der Waals surface area contributed by atoms with Gasteiger partial charge in [-0.2, -0.15) is 0 Å². The summed E-state index contributed by atoms with van der Waals surface area (Å²) < 4.78 is 3.37. The number of hydrogen-bond donors (Lipinski definition) is 0. The summed E-state index contributed by atoms with van der Waals surface area (Å²) in [4.78, 5) is 30.4. The molecule has 0 unspecified atom stereocenters. The van der Waals surface area contributed by atoms with Crippen LogP contribution in [0.4, 0.5) is 0 Å². The summed E-state index contributed by atoms with van der Waals surface area (Å²) in [5.74, 6) is 0.943. The van der Waals surface area contributed by atoms with Crippen LogP contribution in [0, 0.1) is 13.8 Å². The highest BCUT2D eigenvalue weighted by atomic mass is 16.2. The molecular formula is C27H36N6O2. The first-order chi connectivity index (χ1) is 17.0. The molecule has 186 valence electrons. The zero-order chi connectivity index (χ0) is 24.4. The molecule has 3 aromatic rings. The predicted octanol–water partition coefficient (Wildman–Crippen LogP) is 3.30. The lowest BCUT2D eigenvalue weighted by Crippen LogP contribution is -2.52. The summed E-state index contributed by atoms with van der Waals surface area (Å²) in [5.41, 5.74) is 3.26. The molecule has 1 saturated carbocycles. The van der Waals surface area contributed by atoms with E-state index in [0.717, 1.165) is 49.3 Å². The third-order valence-electron chi connectivity index (χ3n) is 7.86. The molecule has 1 aromatic carbocycles. The number of benzene rings is 1. The van der Waals surface area contributed by atoms with E-state index in [1.54, 1.807) is 15.2 Å². The predicted molar refractivity (Wildman–Crippen MR) is 136 cm³/mol. The van der Waals surface area contributed by atoms with Crippen LogP contribution in [0.25, 0.3) is 11.3 Å². The number of hydrogen-bond acceptors (Lipinski definition) is 5. The molecule has 3 heterocycles. The van der Waals surface area contributed by atoms with Gasteiger partial charge in [-0.05, 0) is 56.4 Å². The molecule has 1 amide bonds. The van der Waals surface area contributed by atoms with Gasteiger partial charge in [0, 0.05) is 63.1 Å². The average Bonchev–Trinajstić information content (AvgIpc) is 3.30. The first-order valence-electron chi connectivity index (χ1n) is 13.1. The van der Waals surface area contributed by atoms with Crippen molar-refractivity contribution in [3.8, 4) is 5.69 Å². The second-order valence-electron chi connectivity index (χ2n) is 10.1. The SMILES string of the molecule is Cc1ccc(-n2ccn3c(CCCC(=O)N4CCN(C5CCCCC5)CC4)nnc3c2=O)cc1C. The van der Waals surface area contributed by atoms with Crippen molar-refractivity contribution in [2.75, 3.05) is 26.2 Å². The summed E-state index contributed by atoms with van der Waals surface area (Å²) in [6.07, 6.45) is 12.1. The number of aromatic nitrogens is 4. The number of aryl methyl sites for hydroxylation is 3. The molecule has 5 rings (SSSR count). The summed E-state index contributed by atoms with van der Waals surface area (Å²) in [7, 11) is 0. The largest absolute Gasteiger partial charge is 0.340 e. The summed E-state index contributed by atoms with van der Waals surface area (Å²) >= 11 is 0. The maximum Gasteiger partial charge on any atom is 0.300 e. The van der Waals surface area contributed by atoms with Crippen LogP contribution in [-0.4, -0.2) is 67.1 Å². The van der Waals surface area contributed by atoms with Gasteiger partial charge >= 0.3 is 5.56 Å². The zero-order valence-corrected chi connectivity index (χ0v) is 20.9. The van der Waals surface area contributed by atoms with Gasteiger partial charge in [-0.15, -0.1) is 10.2 Å². The molecule has 0 atom stereocenters. The van der Waals surface area contributed by atoms with Crippen LogP contribution in [-0.2, 0) is 11.2 Å². The third kappa shape index (κ3) is 5.03. The third-order valence-corrected chi connectivity index (χ3v) is 7.86. The monoisotopic (exact) mass is 476 g/mol. The van der Waals surface area contributed by atoms with Gasteiger partial charge in [-0.25, -0.2) is 0 Å². The van der Waals surface area contributed by atoms with Crippen molar-refractivity contribution < 1.29 is 4.79 Å². The second kappa shape index (κ2) is 10.3. The van der Waals surface area contributed by atoms with Gasteiger partial charge in [0.2, 0.25) is 11.6 Å². The fourth-order valence-corrected chi connectivity index (χ4v) is 5.52. The molecule has 0 radical (unpaired) electrons. The Morgan fingerprint density at radius 2 is 1.74 bits per heavy atom. The molecular weight excluding hydrogens is 440 g/mol. The fourth-order valence-electron chi connectivity index (χ4n) is 5.52. The first-order valence-corrected chi connectivity index (χ1v) is 13.1. The Hall–Kier alpha value is -3.00. The van der Waals surface area contributed by atoms with E-state index in [1.165, 1.54) is 37.7 Å². The first kappa shape index (κ1) is 23.7. The van der Waals surface area contributed by atoms with E-state index in [-0.39, 0.29) is 11.5 Å². The Bertz CT molecular complexity index is 1250. The minimum atomic E-state index is -0.193. The lowest BCUT2D eigenvalue weighted by molar-refractivity contribution is -0.133. The van der Waals surface area contributed by atoms with E-state index in [9.17, 15) is 9.59 Å². The number of nitrogens with zero attached hydrogens (tertiary/aromatic N) is 6. The van der Waals surface area contributed by atoms with E-state index in [1.807, 2.05) is 36.2 Å². The molecule has 2 aliphatic rings. The van der Waals surface area contributed by atoms with Gasteiger partial charge in [-0.3, -0.25) is 23.5 Å². The molecule has 2 aromatic heterocycles. The Morgan fingerprint density at radius 3 is 2.49 bits per heavy atom. The minimum Gasteiger partial charge on any atom is -0.340 e. The van der Waals surface area contributed by atoms with Crippen LogP contribution in [0.2, 0.25) is 0 Å². The van der Waals surface area contributed by atoms with Gasteiger partial charge in [0.25, 0.3) is 0 Å². The number of rotatable bonds is 6. The molecule has 35 heavy (non-hydrogen) atoms. The molecule has 0 bridgehead atoms. The lowest BCUT2D eigenvalue weighted by Gasteiger charge is -2.40. The summed E-state index contributed by atoms with van der Waals surface area (Å²) in [5, 5.41) is 8.43. The molecule has 2 fully saturated rings. The maximum absolute atomic E-state index is 13.0. The van der Waals surface area contributed by atoms with Gasteiger partial charge in [0.05, 0.1) is 0 Å². The zero-order valence-electron chi connectivity index (χ0n) is 20.9. The van der Waals surface area contributed by atoms with Crippen LogP contribution < -0.4 is 5.56 Å². The van der Waals surface area contributed by atoms with E-state index in [2.05, 4.69) is 22.0 Å². The van der Waals surface area contributed by atoms with Crippen LogP contribution in [0.3, 0.4) is 0 Å². The van der Waals surface area contributed by atoms with Crippen molar-refractivity contribution in [1.29, 1.82) is 0 Å². The quantitative estimate of drug-likeness (QED) is 0.546. The molecule has 1 saturated heterocycles. The van der Waals surface area contributed by atoms with Gasteiger partial charge in [-0.1, -0.05) is 25.3 Å². The standard InChI is InChI=1S/C27H36N6O2/c1-20-11-12-23(19-21(20)2)32-17-18-33-24(28-29-26(33)27(32)35)9-6-10-25(34)31-15-13-30(14-16-31)22-7-4-3-5-8-22/h11-12,17-19,22H,3-10,13-16H2,1-2H3. The number of piperazine rings is 1. The van der Waals surface area contributed by atoms with Gasteiger partial charge in [0.15, 0.2) is 0 Å². The van der Waals surface area contributed by atoms with Crippen LogP contribution in [0.15, 0.2) is 35.4 Å². The molecule has 1 aliphatic heterocycles. The molecule has 0 spiro atoms. The maximum atomic E-state index is 13.0. The summed E-state index contributed by atoms with van der Waals surface area (Å²) in [6, 6.07) is 6.69. The van der Waals surface area contributed by atoms with Gasteiger partial charge < -0.3 is 4.90 Å². The number of carbonyl (C=O) groups is 1. The molecule has 0 N–H and O–H groups in total. The molecule has 1 aliphatic carbocycles. The van der Waals surface area contributed by atoms with Crippen molar-refractivity contribution >= 4 is 11.6 Å². The van der Waals surface area contributed by atoms with E-state index < -0.39 is 0 Å². The lowest BCUT2D eigenvalue weighted by atomic mass is 9.94. The number of amides is 1. The van der Waals surface area contributed by atoms with Crippen LogP contribution in [0.1, 0.15) is 61.9 Å². The fraction of sp³-hybridized carbons (Fsp3) is 0.556. The molecule has 8 heteroatoms. The topological polar surface area (TPSA) is 75.7 Å². The highest BCUT2D eigenvalue weighted by molar-refractivity contribution is 5.76. The second-order valence-corrected chi connectivity index (χ2v) is 10.1. The number of fused-ring (bicyclic) bond motifs is 1. The van der Waals surface area contributed by atoms with Crippen LogP contribution in [0.5, 0.6) is 0 Å². The Morgan fingerprint density at radius 1 is 0.971 bits per heavy atom.